The zero-order chi connectivity index (χ0) is 17.8. The minimum absolute atomic E-state index is 0.0967. The minimum Gasteiger partial charge on any atom is -0.463 e. The normalized spacial score (nSPS) is 50.7. The smallest absolute Gasteiger partial charge is 0.302 e. The molecule has 0 spiro atoms. The zero-order valence-corrected chi connectivity index (χ0v) is 16.6. The molecule has 0 aromatic carbocycles. The van der Waals surface area contributed by atoms with Crippen LogP contribution in [0.5, 0.6) is 0 Å². The van der Waals surface area contributed by atoms with Crippen LogP contribution in [0.2, 0.25) is 0 Å². The number of carbonyl (C=O) groups excluding carboxylic acids is 1. The molecule has 2 heteroatoms. The molecule has 0 bridgehead atoms. The maximum atomic E-state index is 11.4. The third-order valence-electron chi connectivity index (χ3n) is 9.15. The first-order valence-corrected chi connectivity index (χ1v) is 10.7. The number of carbonyl (C=O) groups is 1. The molecule has 0 saturated heterocycles. The molecular weight excluding hydrogens is 308 g/mol. The average molecular weight is 345 g/mol. The number of rotatable bonds is 1. The molecule has 7 unspecified atom stereocenters. The maximum Gasteiger partial charge on any atom is 0.302 e. The molecule has 0 amide bonds. The molecule has 2 nitrogen and oxygen atoms in total. The summed E-state index contributed by atoms with van der Waals surface area (Å²) in [6, 6.07) is 0. The largest absolute Gasteiger partial charge is 0.463 e. The molecule has 4 rings (SSSR count). The highest BCUT2D eigenvalue weighted by molar-refractivity contribution is 5.66. The van der Waals surface area contributed by atoms with E-state index < -0.39 is 0 Å². The Hall–Kier alpha value is -0.790. The molecule has 140 valence electrons. The van der Waals surface area contributed by atoms with Gasteiger partial charge in [0.1, 0.15) is 6.10 Å². The monoisotopic (exact) mass is 344 g/mol. The van der Waals surface area contributed by atoms with Gasteiger partial charge in [-0.15, -0.1) is 0 Å². The number of fused-ring (bicyclic) bond motifs is 5. The van der Waals surface area contributed by atoms with Gasteiger partial charge in [-0.2, -0.15) is 0 Å². The lowest BCUT2D eigenvalue weighted by molar-refractivity contribution is -0.158. The van der Waals surface area contributed by atoms with E-state index in [2.05, 4.69) is 26.8 Å². The van der Waals surface area contributed by atoms with E-state index in [4.69, 9.17) is 4.74 Å². The van der Waals surface area contributed by atoms with Crippen LogP contribution in [0.25, 0.3) is 0 Å². The van der Waals surface area contributed by atoms with Crippen molar-refractivity contribution in [2.75, 3.05) is 0 Å². The summed E-state index contributed by atoms with van der Waals surface area (Å²) >= 11 is 0. The molecule has 25 heavy (non-hydrogen) atoms. The van der Waals surface area contributed by atoms with Crippen molar-refractivity contribution >= 4 is 5.97 Å². The summed E-state index contributed by atoms with van der Waals surface area (Å²) in [4.78, 5) is 11.4. The number of allylic oxidation sites excluding steroid dienone is 2. The summed E-state index contributed by atoms with van der Waals surface area (Å²) in [6.07, 6.45) is 14.4. The van der Waals surface area contributed by atoms with Crippen LogP contribution in [0.15, 0.2) is 11.6 Å². The van der Waals surface area contributed by atoms with Gasteiger partial charge in [-0.05, 0) is 99.2 Å². The fourth-order valence-corrected chi connectivity index (χ4v) is 7.88. The van der Waals surface area contributed by atoms with Gasteiger partial charge in [0.2, 0.25) is 0 Å². The van der Waals surface area contributed by atoms with Crippen LogP contribution in [-0.4, -0.2) is 12.1 Å². The van der Waals surface area contributed by atoms with Gasteiger partial charge >= 0.3 is 5.97 Å². The summed E-state index contributed by atoms with van der Waals surface area (Å²) in [5.41, 5.74) is 2.73. The molecule has 4 fully saturated rings. The summed E-state index contributed by atoms with van der Waals surface area (Å²) in [5.74, 6) is 3.42. The molecule has 0 heterocycles. The van der Waals surface area contributed by atoms with E-state index >= 15 is 0 Å². The number of ether oxygens (including phenoxy) is 1. The van der Waals surface area contributed by atoms with Crippen LogP contribution in [0.1, 0.15) is 85.5 Å². The predicted molar refractivity (Wildman–Crippen MR) is 101 cm³/mol. The van der Waals surface area contributed by atoms with E-state index in [-0.39, 0.29) is 12.1 Å². The van der Waals surface area contributed by atoms with Crippen molar-refractivity contribution in [2.24, 2.45) is 34.5 Å². The number of hydrogen-bond acceptors (Lipinski definition) is 2. The third-order valence-corrected chi connectivity index (χ3v) is 9.15. The Balaban J connectivity index is 1.55. The van der Waals surface area contributed by atoms with Gasteiger partial charge in [0.15, 0.2) is 0 Å². The Morgan fingerprint density at radius 1 is 1.08 bits per heavy atom. The molecule has 0 aromatic heterocycles. The van der Waals surface area contributed by atoms with Crippen LogP contribution in [0.4, 0.5) is 0 Å². The lowest BCUT2D eigenvalue weighted by Gasteiger charge is -2.60. The lowest BCUT2D eigenvalue weighted by Crippen LogP contribution is -2.53. The van der Waals surface area contributed by atoms with Crippen molar-refractivity contribution in [3.05, 3.63) is 11.6 Å². The van der Waals surface area contributed by atoms with E-state index in [1.54, 1.807) is 12.5 Å². The second-order valence-electron chi connectivity index (χ2n) is 9.97. The van der Waals surface area contributed by atoms with Crippen LogP contribution in [0.3, 0.4) is 0 Å². The van der Waals surface area contributed by atoms with Gasteiger partial charge in [-0.25, -0.2) is 0 Å². The van der Waals surface area contributed by atoms with Crippen molar-refractivity contribution in [1.82, 2.24) is 0 Å². The highest BCUT2D eigenvalue weighted by Crippen LogP contribution is 2.67. The lowest BCUT2D eigenvalue weighted by atomic mass is 9.45. The molecular formula is C23H36O2. The van der Waals surface area contributed by atoms with Crippen LogP contribution in [0, 0.1) is 34.5 Å². The molecule has 4 saturated carbocycles. The Morgan fingerprint density at radius 2 is 1.88 bits per heavy atom. The minimum atomic E-state index is -0.0967. The summed E-state index contributed by atoms with van der Waals surface area (Å²) < 4.78 is 5.59. The summed E-state index contributed by atoms with van der Waals surface area (Å²) in [7, 11) is 0. The van der Waals surface area contributed by atoms with E-state index in [9.17, 15) is 4.79 Å². The van der Waals surface area contributed by atoms with Gasteiger partial charge in [-0.3, -0.25) is 4.79 Å². The van der Waals surface area contributed by atoms with Crippen molar-refractivity contribution in [1.29, 1.82) is 0 Å². The maximum absolute atomic E-state index is 11.4. The molecule has 0 N–H and O–H groups in total. The average Bonchev–Trinajstić information content (AvgIpc) is 2.91. The highest BCUT2D eigenvalue weighted by Gasteiger charge is 2.59. The van der Waals surface area contributed by atoms with Crippen LogP contribution < -0.4 is 0 Å². The Bertz CT molecular complexity index is 579. The summed E-state index contributed by atoms with van der Waals surface area (Å²) in [6.45, 7) is 8.98. The molecule has 0 aliphatic heterocycles. The topological polar surface area (TPSA) is 26.3 Å². The first-order valence-electron chi connectivity index (χ1n) is 10.7. The van der Waals surface area contributed by atoms with Crippen molar-refractivity contribution in [3.8, 4) is 0 Å². The Morgan fingerprint density at radius 3 is 2.60 bits per heavy atom. The first-order chi connectivity index (χ1) is 11.9. The van der Waals surface area contributed by atoms with Crippen LogP contribution >= 0.6 is 0 Å². The van der Waals surface area contributed by atoms with Gasteiger partial charge in [0, 0.05) is 6.92 Å². The Labute approximate surface area is 153 Å². The second-order valence-corrected chi connectivity index (χ2v) is 9.97. The van der Waals surface area contributed by atoms with Crippen LogP contribution in [-0.2, 0) is 9.53 Å². The SMILES string of the molecule is CC=C1CCC2C3CCC4CC(OC(C)=O)CCC4(C)C3CCC12C. The van der Waals surface area contributed by atoms with Gasteiger partial charge in [-0.1, -0.05) is 25.5 Å². The first kappa shape index (κ1) is 17.6. The summed E-state index contributed by atoms with van der Waals surface area (Å²) in [5, 5.41) is 0. The Kier molecular flexibility index (Phi) is 4.32. The number of esters is 1. The second kappa shape index (κ2) is 6.13. The fraction of sp³-hybridized carbons (Fsp3) is 0.870. The van der Waals surface area contributed by atoms with Crippen molar-refractivity contribution in [3.63, 3.8) is 0 Å². The van der Waals surface area contributed by atoms with Crippen molar-refractivity contribution < 1.29 is 9.53 Å². The predicted octanol–water partition coefficient (Wildman–Crippen LogP) is 5.91. The molecule has 7 atom stereocenters. The standard InChI is InChI=1S/C23H36O2/c1-5-16-7-9-20-19-8-6-17-14-18(25-15(2)24)10-12-23(17,4)21(19)11-13-22(16,20)3/h5,17-21H,6-14H2,1-4H3. The molecule has 0 radical (unpaired) electrons. The highest BCUT2D eigenvalue weighted by atomic mass is 16.5. The van der Waals surface area contributed by atoms with Gasteiger partial charge in [0.05, 0.1) is 0 Å². The molecule has 4 aliphatic rings. The zero-order valence-electron chi connectivity index (χ0n) is 16.6. The van der Waals surface area contributed by atoms with E-state index in [0.717, 1.165) is 36.5 Å². The fourth-order valence-electron chi connectivity index (χ4n) is 7.88. The molecule has 4 aliphatic carbocycles. The van der Waals surface area contributed by atoms with Crippen molar-refractivity contribution in [2.45, 2.75) is 91.6 Å². The third kappa shape index (κ3) is 2.61. The van der Waals surface area contributed by atoms with E-state index in [1.165, 1.54) is 44.9 Å². The quantitative estimate of drug-likeness (QED) is 0.437. The number of hydrogen-bond donors (Lipinski definition) is 0. The molecule has 0 aromatic rings. The van der Waals surface area contributed by atoms with E-state index in [0.29, 0.717) is 10.8 Å². The van der Waals surface area contributed by atoms with E-state index in [1.807, 2.05) is 0 Å². The van der Waals surface area contributed by atoms with Gasteiger partial charge < -0.3 is 4.74 Å². The van der Waals surface area contributed by atoms with Gasteiger partial charge in [0.25, 0.3) is 0 Å².